The fourth-order valence-corrected chi connectivity index (χ4v) is 2.13. The molecule has 4 heteroatoms. The topological polar surface area (TPSA) is 34.1 Å². The standard InChI is InChI=1S/C10H18N2OS/c1-4-13-6-5-11-7-10-8(2)12-9(3)14-10/h11H,4-7H2,1-3H3. The van der Waals surface area contributed by atoms with E-state index in [1.54, 1.807) is 11.3 Å². The minimum atomic E-state index is 0.785. The Labute approximate surface area is 89.5 Å². The second kappa shape index (κ2) is 6.11. The van der Waals surface area contributed by atoms with E-state index in [1.807, 2.05) is 13.8 Å². The molecule has 14 heavy (non-hydrogen) atoms. The molecule has 1 heterocycles. The fraction of sp³-hybridized carbons (Fsp3) is 0.700. The summed E-state index contributed by atoms with van der Waals surface area (Å²) in [6.07, 6.45) is 0. The van der Waals surface area contributed by atoms with Gasteiger partial charge >= 0.3 is 0 Å². The van der Waals surface area contributed by atoms with Crippen LogP contribution in [0.25, 0.3) is 0 Å². The molecule has 1 aromatic rings. The molecule has 0 aliphatic carbocycles. The molecule has 0 unspecified atom stereocenters. The van der Waals surface area contributed by atoms with Crippen LogP contribution in [-0.2, 0) is 11.3 Å². The van der Waals surface area contributed by atoms with Gasteiger partial charge in [0.2, 0.25) is 0 Å². The van der Waals surface area contributed by atoms with Crippen LogP contribution in [-0.4, -0.2) is 24.7 Å². The summed E-state index contributed by atoms with van der Waals surface area (Å²) in [6.45, 7) is 9.50. The Kier molecular flexibility index (Phi) is 5.07. The highest BCUT2D eigenvalue weighted by Crippen LogP contribution is 2.16. The molecule has 0 saturated heterocycles. The summed E-state index contributed by atoms with van der Waals surface area (Å²) in [5.74, 6) is 0. The number of aromatic nitrogens is 1. The Morgan fingerprint density at radius 2 is 2.21 bits per heavy atom. The van der Waals surface area contributed by atoms with Gasteiger partial charge in [0, 0.05) is 24.6 Å². The quantitative estimate of drug-likeness (QED) is 0.734. The van der Waals surface area contributed by atoms with Gasteiger partial charge in [0.25, 0.3) is 0 Å². The first-order valence-electron chi connectivity index (χ1n) is 4.95. The van der Waals surface area contributed by atoms with Crippen LogP contribution in [0.1, 0.15) is 22.5 Å². The zero-order valence-corrected chi connectivity index (χ0v) is 9.91. The van der Waals surface area contributed by atoms with Crippen molar-refractivity contribution in [3.63, 3.8) is 0 Å². The molecule has 80 valence electrons. The van der Waals surface area contributed by atoms with E-state index in [2.05, 4.69) is 17.2 Å². The minimum absolute atomic E-state index is 0.785. The third-order valence-electron chi connectivity index (χ3n) is 1.91. The zero-order chi connectivity index (χ0) is 10.4. The number of hydrogen-bond acceptors (Lipinski definition) is 4. The lowest BCUT2D eigenvalue weighted by atomic mass is 10.4. The lowest BCUT2D eigenvalue weighted by Gasteiger charge is -2.03. The molecule has 0 atom stereocenters. The lowest BCUT2D eigenvalue weighted by molar-refractivity contribution is 0.149. The molecule has 0 spiro atoms. The average molecular weight is 214 g/mol. The molecule has 0 aromatic carbocycles. The fourth-order valence-electron chi connectivity index (χ4n) is 1.23. The summed E-state index contributed by atoms with van der Waals surface area (Å²) in [5, 5.41) is 4.48. The second-order valence-electron chi connectivity index (χ2n) is 3.12. The van der Waals surface area contributed by atoms with Gasteiger partial charge in [0.15, 0.2) is 0 Å². The van der Waals surface area contributed by atoms with Crippen LogP contribution in [0, 0.1) is 13.8 Å². The Morgan fingerprint density at radius 3 is 2.79 bits per heavy atom. The van der Waals surface area contributed by atoms with E-state index in [0.29, 0.717) is 0 Å². The highest BCUT2D eigenvalue weighted by atomic mass is 32.1. The maximum absolute atomic E-state index is 5.23. The third-order valence-corrected chi connectivity index (χ3v) is 2.99. The summed E-state index contributed by atoms with van der Waals surface area (Å²) in [5.41, 5.74) is 1.15. The molecule has 1 rings (SSSR count). The number of rotatable bonds is 6. The van der Waals surface area contributed by atoms with Gasteiger partial charge in [-0.1, -0.05) is 0 Å². The van der Waals surface area contributed by atoms with Crippen molar-refractivity contribution < 1.29 is 4.74 Å². The van der Waals surface area contributed by atoms with Crippen molar-refractivity contribution in [3.05, 3.63) is 15.6 Å². The highest BCUT2D eigenvalue weighted by Gasteiger charge is 2.02. The van der Waals surface area contributed by atoms with Crippen molar-refractivity contribution in [2.45, 2.75) is 27.3 Å². The van der Waals surface area contributed by atoms with Crippen LogP contribution < -0.4 is 5.32 Å². The Balaban J connectivity index is 2.21. The second-order valence-corrected chi connectivity index (χ2v) is 4.40. The maximum atomic E-state index is 5.23. The van der Waals surface area contributed by atoms with Gasteiger partial charge in [-0.2, -0.15) is 0 Å². The molecular formula is C10H18N2OS. The predicted octanol–water partition coefficient (Wildman–Crippen LogP) is 1.89. The van der Waals surface area contributed by atoms with Crippen LogP contribution in [0.15, 0.2) is 0 Å². The van der Waals surface area contributed by atoms with Gasteiger partial charge in [0.1, 0.15) is 0 Å². The van der Waals surface area contributed by atoms with Crippen molar-refractivity contribution in [1.82, 2.24) is 10.3 Å². The van der Waals surface area contributed by atoms with Crippen LogP contribution in [0.4, 0.5) is 0 Å². The van der Waals surface area contributed by atoms with Crippen LogP contribution in [0.5, 0.6) is 0 Å². The first-order chi connectivity index (χ1) is 6.74. The van der Waals surface area contributed by atoms with Gasteiger partial charge in [-0.25, -0.2) is 4.98 Å². The molecular weight excluding hydrogens is 196 g/mol. The smallest absolute Gasteiger partial charge is 0.0900 e. The molecule has 1 N–H and O–H groups in total. The monoisotopic (exact) mass is 214 g/mol. The number of ether oxygens (including phenoxy) is 1. The van der Waals surface area contributed by atoms with E-state index in [-0.39, 0.29) is 0 Å². The molecule has 0 aliphatic heterocycles. The van der Waals surface area contributed by atoms with E-state index in [1.165, 1.54) is 4.88 Å². The van der Waals surface area contributed by atoms with Crippen molar-refractivity contribution in [2.24, 2.45) is 0 Å². The van der Waals surface area contributed by atoms with Gasteiger partial charge < -0.3 is 10.1 Å². The van der Waals surface area contributed by atoms with Crippen molar-refractivity contribution in [3.8, 4) is 0 Å². The van der Waals surface area contributed by atoms with Gasteiger partial charge in [0.05, 0.1) is 17.3 Å². The number of nitrogens with zero attached hydrogens (tertiary/aromatic N) is 1. The molecule has 3 nitrogen and oxygen atoms in total. The van der Waals surface area contributed by atoms with Crippen LogP contribution in [0.2, 0.25) is 0 Å². The van der Waals surface area contributed by atoms with E-state index in [9.17, 15) is 0 Å². The Bertz CT molecular complexity index is 273. The molecule has 0 amide bonds. The van der Waals surface area contributed by atoms with Crippen molar-refractivity contribution in [2.75, 3.05) is 19.8 Å². The van der Waals surface area contributed by atoms with Crippen LogP contribution >= 0.6 is 11.3 Å². The van der Waals surface area contributed by atoms with Gasteiger partial charge in [-0.15, -0.1) is 11.3 Å². The average Bonchev–Trinajstić information content (AvgIpc) is 2.45. The summed E-state index contributed by atoms with van der Waals surface area (Å²) < 4.78 is 5.23. The normalized spacial score (nSPS) is 10.8. The Morgan fingerprint density at radius 1 is 1.43 bits per heavy atom. The Hall–Kier alpha value is -0.450. The number of thiazole rings is 1. The summed E-state index contributed by atoms with van der Waals surface area (Å²) in [4.78, 5) is 5.71. The zero-order valence-electron chi connectivity index (χ0n) is 9.09. The predicted molar refractivity (Wildman–Crippen MR) is 59.8 cm³/mol. The summed E-state index contributed by atoms with van der Waals surface area (Å²) in [7, 11) is 0. The van der Waals surface area contributed by atoms with E-state index in [0.717, 1.165) is 37.0 Å². The minimum Gasteiger partial charge on any atom is -0.380 e. The van der Waals surface area contributed by atoms with Crippen LogP contribution in [0.3, 0.4) is 0 Å². The van der Waals surface area contributed by atoms with E-state index < -0.39 is 0 Å². The largest absolute Gasteiger partial charge is 0.380 e. The first kappa shape index (κ1) is 11.6. The number of hydrogen-bond donors (Lipinski definition) is 1. The highest BCUT2D eigenvalue weighted by molar-refractivity contribution is 7.11. The SMILES string of the molecule is CCOCCNCc1sc(C)nc1C. The van der Waals surface area contributed by atoms with Gasteiger partial charge in [-0.3, -0.25) is 0 Å². The maximum Gasteiger partial charge on any atom is 0.0900 e. The molecule has 0 fully saturated rings. The molecule has 0 aliphatic rings. The molecule has 0 bridgehead atoms. The summed E-state index contributed by atoms with van der Waals surface area (Å²) >= 11 is 1.76. The molecule has 0 radical (unpaired) electrons. The molecule has 0 saturated carbocycles. The van der Waals surface area contributed by atoms with E-state index in [4.69, 9.17) is 4.74 Å². The lowest BCUT2D eigenvalue weighted by Crippen LogP contribution is -2.19. The molecule has 1 aromatic heterocycles. The number of nitrogens with one attached hydrogen (secondary N) is 1. The van der Waals surface area contributed by atoms with E-state index >= 15 is 0 Å². The summed E-state index contributed by atoms with van der Waals surface area (Å²) in [6, 6.07) is 0. The first-order valence-corrected chi connectivity index (χ1v) is 5.77. The number of aryl methyl sites for hydroxylation is 2. The van der Waals surface area contributed by atoms with Gasteiger partial charge in [-0.05, 0) is 20.8 Å². The van der Waals surface area contributed by atoms with Crippen molar-refractivity contribution >= 4 is 11.3 Å². The van der Waals surface area contributed by atoms with Crippen molar-refractivity contribution in [1.29, 1.82) is 0 Å². The third kappa shape index (κ3) is 3.74.